The highest BCUT2D eigenvalue weighted by molar-refractivity contribution is 6.30. The smallest absolute Gasteiger partial charge is 0.143 e. The molecule has 0 saturated heterocycles. The first-order valence-corrected chi connectivity index (χ1v) is 8.31. The Hall–Kier alpha value is -1.67. The summed E-state index contributed by atoms with van der Waals surface area (Å²) in [6.07, 6.45) is 2.02. The molecular formula is C19H22ClNO. The molecule has 0 amide bonds. The molecule has 0 fully saturated rings. The zero-order valence-corrected chi connectivity index (χ0v) is 13.9. The van der Waals surface area contributed by atoms with Crippen LogP contribution in [0.1, 0.15) is 32.3 Å². The van der Waals surface area contributed by atoms with Crippen LogP contribution >= 0.6 is 11.6 Å². The van der Waals surface area contributed by atoms with Crippen molar-refractivity contribution in [3.63, 3.8) is 0 Å². The molecule has 0 radical (unpaired) electrons. The van der Waals surface area contributed by atoms with Crippen LogP contribution < -0.4 is 9.64 Å². The maximum Gasteiger partial charge on any atom is 0.143 e. The standard InChI is InChI=1S/C19H22ClNO/c1-3-19(4-2)14-21(13-15-9-11-16(20)12-10-15)17-7-5-6-8-18(17)22-19/h5-12H,3-4,13-14H2,1-2H3. The van der Waals surface area contributed by atoms with E-state index in [1.807, 2.05) is 18.2 Å². The van der Waals surface area contributed by atoms with Crippen LogP contribution in [0.2, 0.25) is 5.02 Å². The highest BCUT2D eigenvalue weighted by atomic mass is 35.5. The van der Waals surface area contributed by atoms with Crippen molar-refractivity contribution in [3.8, 4) is 5.75 Å². The largest absolute Gasteiger partial charge is 0.483 e. The van der Waals surface area contributed by atoms with Crippen LogP contribution in [0.25, 0.3) is 0 Å². The zero-order valence-electron chi connectivity index (χ0n) is 13.2. The van der Waals surface area contributed by atoms with Gasteiger partial charge in [-0.1, -0.05) is 49.7 Å². The number of halogens is 1. The molecule has 0 atom stereocenters. The van der Waals surface area contributed by atoms with E-state index in [1.165, 1.54) is 11.3 Å². The van der Waals surface area contributed by atoms with E-state index in [-0.39, 0.29) is 5.60 Å². The lowest BCUT2D eigenvalue weighted by Gasteiger charge is -2.44. The fourth-order valence-corrected chi connectivity index (χ4v) is 3.20. The normalized spacial score (nSPS) is 16.0. The zero-order chi connectivity index (χ0) is 15.6. The van der Waals surface area contributed by atoms with Crippen molar-refractivity contribution in [2.45, 2.75) is 38.8 Å². The van der Waals surface area contributed by atoms with Gasteiger partial charge in [0, 0.05) is 11.6 Å². The molecule has 2 nitrogen and oxygen atoms in total. The number of para-hydroxylation sites is 2. The van der Waals surface area contributed by atoms with Crippen LogP contribution in [0.4, 0.5) is 5.69 Å². The minimum atomic E-state index is -0.0964. The number of nitrogens with zero attached hydrogens (tertiary/aromatic N) is 1. The number of rotatable bonds is 4. The van der Waals surface area contributed by atoms with E-state index in [2.05, 4.69) is 49.1 Å². The van der Waals surface area contributed by atoms with Gasteiger partial charge < -0.3 is 9.64 Å². The molecular weight excluding hydrogens is 294 g/mol. The maximum atomic E-state index is 6.34. The highest BCUT2D eigenvalue weighted by Crippen LogP contribution is 2.40. The van der Waals surface area contributed by atoms with Gasteiger partial charge in [0.25, 0.3) is 0 Å². The summed E-state index contributed by atoms with van der Waals surface area (Å²) in [6.45, 7) is 6.20. The molecule has 0 spiro atoms. The fourth-order valence-electron chi connectivity index (χ4n) is 3.07. The molecule has 22 heavy (non-hydrogen) atoms. The molecule has 0 aliphatic carbocycles. The average Bonchev–Trinajstić information content (AvgIpc) is 2.56. The molecule has 0 bridgehead atoms. The second kappa shape index (κ2) is 6.21. The third-order valence-electron chi connectivity index (χ3n) is 4.59. The van der Waals surface area contributed by atoms with Gasteiger partial charge in [-0.25, -0.2) is 0 Å². The van der Waals surface area contributed by atoms with E-state index >= 15 is 0 Å². The van der Waals surface area contributed by atoms with Crippen molar-refractivity contribution >= 4 is 17.3 Å². The summed E-state index contributed by atoms with van der Waals surface area (Å²) in [7, 11) is 0. The molecule has 0 N–H and O–H groups in total. The Morgan fingerprint density at radius 2 is 1.73 bits per heavy atom. The quantitative estimate of drug-likeness (QED) is 0.759. The third-order valence-corrected chi connectivity index (χ3v) is 4.84. The molecule has 0 saturated carbocycles. The molecule has 3 heteroatoms. The Bertz CT molecular complexity index is 634. The van der Waals surface area contributed by atoms with Crippen molar-refractivity contribution in [2.24, 2.45) is 0 Å². The number of fused-ring (bicyclic) bond motifs is 1. The molecule has 2 aromatic carbocycles. The van der Waals surface area contributed by atoms with Crippen LogP contribution in [0, 0.1) is 0 Å². The first kappa shape index (κ1) is 15.2. The van der Waals surface area contributed by atoms with Crippen LogP contribution in [0.15, 0.2) is 48.5 Å². The SMILES string of the molecule is CCC1(CC)CN(Cc2ccc(Cl)cc2)c2ccccc2O1. The van der Waals surface area contributed by atoms with Gasteiger partial charge in [0.2, 0.25) is 0 Å². The maximum absolute atomic E-state index is 6.34. The van der Waals surface area contributed by atoms with E-state index in [0.29, 0.717) is 0 Å². The Balaban J connectivity index is 1.93. The summed E-state index contributed by atoms with van der Waals surface area (Å²) in [5.41, 5.74) is 2.35. The number of hydrogen-bond donors (Lipinski definition) is 0. The second-order valence-electron chi connectivity index (χ2n) is 5.94. The number of ether oxygens (including phenoxy) is 1. The van der Waals surface area contributed by atoms with Crippen LogP contribution in [-0.2, 0) is 6.54 Å². The van der Waals surface area contributed by atoms with Crippen molar-refractivity contribution < 1.29 is 4.74 Å². The summed E-state index contributed by atoms with van der Waals surface area (Å²) < 4.78 is 6.34. The van der Waals surface area contributed by atoms with Crippen molar-refractivity contribution in [1.82, 2.24) is 0 Å². The number of hydrogen-bond acceptors (Lipinski definition) is 2. The van der Waals surface area contributed by atoms with E-state index in [9.17, 15) is 0 Å². The van der Waals surface area contributed by atoms with Gasteiger partial charge in [0.05, 0.1) is 12.2 Å². The Labute approximate surface area is 137 Å². The molecule has 1 aliphatic rings. The number of anilines is 1. The predicted octanol–water partition coefficient (Wildman–Crippen LogP) is 5.30. The third kappa shape index (κ3) is 2.93. The van der Waals surface area contributed by atoms with Gasteiger partial charge in [-0.05, 0) is 42.7 Å². The first-order chi connectivity index (χ1) is 10.7. The summed E-state index contributed by atoms with van der Waals surface area (Å²) in [5.74, 6) is 0.992. The number of benzene rings is 2. The average molecular weight is 316 g/mol. The Morgan fingerprint density at radius 3 is 2.41 bits per heavy atom. The Morgan fingerprint density at radius 1 is 1.05 bits per heavy atom. The summed E-state index contributed by atoms with van der Waals surface area (Å²) in [5, 5.41) is 0.780. The van der Waals surface area contributed by atoms with Crippen LogP contribution in [0.3, 0.4) is 0 Å². The van der Waals surface area contributed by atoms with E-state index in [4.69, 9.17) is 16.3 Å². The highest BCUT2D eigenvalue weighted by Gasteiger charge is 2.36. The lowest BCUT2D eigenvalue weighted by molar-refractivity contribution is 0.0570. The predicted molar refractivity (Wildman–Crippen MR) is 92.9 cm³/mol. The van der Waals surface area contributed by atoms with Gasteiger partial charge in [-0.3, -0.25) is 0 Å². The van der Waals surface area contributed by atoms with Gasteiger partial charge in [-0.2, -0.15) is 0 Å². The summed E-state index contributed by atoms with van der Waals surface area (Å²) in [4.78, 5) is 2.43. The molecule has 0 aromatic heterocycles. The fraction of sp³-hybridized carbons (Fsp3) is 0.368. The van der Waals surface area contributed by atoms with Gasteiger partial charge >= 0.3 is 0 Å². The topological polar surface area (TPSA) is 12.5 Å². The van der Waals surface area contributed by atoms with E-state index < -0.39 is 0 Å². The van der Waals surface area contributed by atoms with Gasteiger partial charge in [0.1, 0.15) is 11.4 Å². The molecule has 1 heterocycles. The lowest BCUT2D eigenvalue weighted by Crippen LogP contribution is -2.50. The van der Waals surface area contributed by atoms with Gasteiger partial charge in [-0.15, -0.1) is 0 Å². The summed E-state index contributed by atoms with van der Waals surface area (Å²) >= 11 is 5.99. The van der Waals surface area contributed by atoms with Gasteiger partial charge in [0.15, 0.2) is 0 Å². The van der Waals surface area contributed by atoms with Crippen molar-refractivity contribution in [1.29, 1.82) is 0 Å². The Kier molecular flexibility index (Phi) is 4.30. The molecule has 2 aromatic rings. The van der Waals surface area contributed by atoms with Crippen LogP contribution in [0.5, 0.6) is 5.75 Å². The van der Waals surface area contributed by atoms with E-state index in [0.717, 1.165) is 36.7 Å². The minimum Gasteiger partial charge on any atom is -0.483 e. The first-order valence-electron chi connectivity index (χ1n) is 7.93. The van der Waals surface area contributed by atoms with E-state index in [1.54, 1.807) is 0 Å². The van der Waals surface area contributed by atoms with Crippen molar-refractivity contribution in [2.75, 3.05) is 11.4 Å². The molecule has 0 unspecified atom stereocenters. The molecule has 116 valence electrons. The van der Waals surface area contributed by atoms with Crippen molar-refractivity contribution in [3.05, 3.63) is 59.1 Å². The molecule has 3 rings (SSSR count). The molecule has 1 aliphatic heterocycles. The summed E-state index contributed by atoms with van der Waals surface area (Å²) in [6, 6.07) is 16.4. The minimum absolute atomic E-state index is 0.0964. The van der Waals surface area contributed by atoms with Crippen LogP contribution in [-0.4, -0.2) is 12.1 Å². The monoisotopic (exact) mass is 315 g/mol. The second-order valence-corrected chi connectivity index (χ2v) is 6.38. The lowest BCUT2D eigenvalue weighted by atomic mass is 9.93.